The summed E-state index contributed by atoms with van der Waals surface area (Å²) in [6.45, 7) is 8.34. The summed E-state index contributed by atoms with van der Waals surface area (Å²) < 4.78 is 24.9. The van der Waals surface area contributed by atoms with E-state index in [0.29, 0.717) is 67.4 Å². The molecule has 41 heavy (non-hydrogen) atoms. The topological polar surface area (TPSA) is 92.3 Å². The minimum Gasteiger partial charge on any atom is -0.490 e. The van der Waals surface area contributed by atoms with Gasteiger partial charge in [-0.05, 0) is 69.7 Å². The Hall–Kier alpha value is -4.08. The number of thiazole rings is 1. The summed E-state index contributed by atoms with van der Waals surface area (Å²) in [6, 6.07) is 15.6. The Morgan fingerprint density at radius 1 is 1.05 bits per heavy atom. The molecule has 10 heteroatoms. The number of nitrogens with zero attached hydrogens (tertiary/aromatic N) is 2. The first-order valence-corrected chi connectivity index (χ1v) is 14.5. The van der Waals surface area contributed by atoms with Gasteiger partial charge in [0.25, 0.3) is 5.56 Å². The van der Waals surface area contributed by atoms with Crippen LogP contribution >= 0.6 is 22.9 Å². The van der Waals surface area contributed by atoms with E-state index in [-0.39, 0.29) is 12.2 Å². The molecular weight excluding hydrogens is 564 g/mol. The van der Waals surface area contributed by atoms with Gasteiger partial charge in [-0.25, -0.2) is 9.79 Å². The summed E-state index contributed by atoms with van der Waals surface area (Å²) in [5.74, 6) is 1.70. The Labute approximate surface area is 245 Å². The van der Waals surface area contributed by atoms with Gasteiger partial charge in [0.2, 0.25) is 0 Å². The standard InChI is InChI=1S/C31H29ClN2O6S/c1-5-37-24-13-11-20(16-25(24)38-6-2)28-27(30(36)39-7-3)18(4)33-31-34(28)29(35)26(41-31)17-22-12-14-23(40-22)19-9-8-10-21(32)15-19/h8-17,28H,5-7H2,1-4H3. The van der Waals surface area contributed by atoms with Crippen molar-refractivity contribution in [1.29, 1.82) is 0 Å². The summed E-state index contributed by atoms with van der Waals surface area (Å²) in [5.41, 5.74) is 1.96. The molecule has 1 aliphatic rings. The van der Waals surface area contributed by atoms with Crippen LogP contribution in [0.3, 0.4) is 0 Å². The van der Waals surface area contributed by atoms with Crippen LogP contribution in [0.4, 0.5) is 0 Å². The number of aromatic nitrogens is 1. The van der Waals surface area contributed by atoms with Gasteiger partial charge in [-0.1, -0.05) is 41.1 Å². The van der Waals surface area contributed by atoms with Crippen molar-refractivity contribution < 1.29 is 23.4 Å². The van der Waals surface area contributed by atoms with E-state index in [1.165, 1.54) is 15.9 Å². The first-order valence-electron chi connectivity index (χ1n) is 13.3. The molecule has 1 aliphatic heterocycles. The summed E-state index contributed by atoms with van der Waals surface area (Å²) in [6.07, 6.45) is 1.68. The van der Waals surface area contributed by atoms with Crippen molar-refractivity contribution >= 4 is 35.0 Å². The van der Waals surface area contributed by atoms with Crippen LogP contribution in [0, 0.1) is 0 Å². The third kappa shape index (κ3) is 5.73. The number of halogens is 1. The molecule has 4 aromatic rings. The average molecular weight is 593 g/mol. The number of hydrogen-bond acceptors (Lipinski definition) is 8. The number of carbonyl (C=O) groups is 1. The van der Waals surface area contributed by atoms with E-state index in [0.717, 1.165) is 5.56 Å². The molecule has 2 aromatic heterocycles. The number of fused-ring (bicyclic) bond motifs is 1. The van der Waals surface area contributed by atoms with Gasteiger partial charge in [0.15, 0.2) is 16.3 Å². The molecule has 1 atom stereocenters. The zero-order valence-electron chi connectivity index (χ0n) is 23.1. The molecule has 0 saturated heterocycles. The second-order valence-corrected chi connectivity index (χ2v) is 10.5. The van der Waals surface area contributed by atoms with Crippen molar-refractivity contribution in [2.45, 2.75) is 33.7 Å². The normalized spacial score (nSPS) is 15.0. The molecule has 0 spiro atoms. The molecule has 0 radical (unpaired) electrons. The zero-order valence-corrected chi connectivity index (χ0v) is 24.7. The van der Waals surface area contributed by atoms with Crippen LogP contribution in [0.2, 0.25) is 5.02 Å². The highest BCUT2D eigenvalue weighted by Crippen LogP contribution is 2.36. The molecular formula is C31H29ClN2O6S. The van der Waals surface area contributed by atoms with Gasteiger partial charge >= 0.3 is 5.97 Å². The van der Waals surface area contributed by atoms with Crippen LogP contribution in [-0.2, 0) is 9.53 Å². The van der Waals surface area contributed by atoms with Crippen LogP contribution in [-0.4, -0.2) is 30.4 Å². The Morgan fingerprint density at radius 2 is 1.83 bits per heavy atom. The van der Waals surface area contributed by atoms with Crippen molar-refractivity contribution in [1.82, 2.24) is 4.57 Å². The monoisotopic (exact) mass is 592 g/mol. The van der Waals surface area contributed by atoms with E-state index >= 15 is 0 Å². The van der Waals surface area contributed by atoms with E-state index < -0.39 is 12.0 Å². The third-order valence-electron chi connectivity index (χ3n) is 6.41. The zero-order chi connectivity index (χ0) is 29.1. The Kier molecular flexibility index (Phi) is 8.46. The molecule has 1 unspecified atom stereocenters. The van der Waals surface area contributed by atoms with Gasteiger partial charge < -0.3 is 18.6 Å². The molecule has 2 aromatic carbocycles. The smallest absolute Gasteiger partial charge is 0.338 e. The fourth-order valence-corrected chi connectivity index (χ4v) is 5.92. The van der Waals surface area contributed by atoms with Crippen LogP contribution in [0.1, 0.15) is 45.1 Å². The quantitative estimate of drug-likeness (QED) is 0.238. The minimum atomic E-state index is -0.777. The fraction of sp³-hybridized carbons (Fsp3) is 0.258. The molecule has 0 amide bonds. The van der Waals surface area contributed by atoms with E-state index in [9.17, 15) is 9.59 Å². The number of furan rings is 1. The average Bonchev–Trinajstić information content (AvgIpc) is 3.53. The number of rotatable bonds is 9. The highest BCUT2D eigenvalue weighted by atomic mass is 35.5. The van der Waals surface area contributed by atoms with Crippen molar-refractivity contribution in [3.05, 3.63) is 102 Å². The lowest BCUT2D eigenvalue weighted by atomic mass is 9.95. The lowest BCUT2D eigenvalue weighted by molar-refractivity contribution is -0.139. The van der Waals surface area contributed by atoms with Crippen molar-refractivity contribution in [3.8, 4) is 22.8 Å². The number of allylic oxidation sites excluding steroid dienone is 1. The number of esters is 1. The van der Waals surface area contributed by atoms with E-state index in [1.54, 1.807) is 44.2 Å². The lowest BCUT2D eigenvalue weighted by Crippen LogP contribution is -2.40. The lowest BCUT2D eigenvalue weighted by Gasteiger charge is -2.25. The van der Waals surface area contributed by atoms with Gasteiger partial charge in [0, 0.05) is 16.7 Å². The summed E-state index contributed by atoms with van der Waals surface area (Å²) in [4.78, 5) is 32.2. The molecule has 0 bridgehead atoms. The molecule has 212 valence electrons. The number of hydrogen-bond donors (Lipinski definition) is 0. The molecule has 0 N–H and O–H groups in total. The predicted octanol–water partition coefficient (Wildman–Crippen LogP) is 5.51. The van der Waals surface area contributed by atoms with Gasteiger partial charge in [-0.3, -0.25) is 9.36 Å². The van der Waals surface area contributed by atoms with E-state index in [2.05, 4.69) is 4.99 Å². The van der Waals surface area contributed by atoms with Gasteiger partial charge in [-0.2, -0.15) is 0 Å². The Bertz CT molecular complexity index is 1820. The molecule has 8 nitrogen and oxygen atoms in total. The first kappa shape index (κ1) is 28.4. The van der Waals surface area contributed by atoms with Crippen molar-refractivity contribution in [3.63, 3.8) is 0 Å². The Morgan fingerprint density at radius 3 is 2.56 bits per heavy atom. The fourth-order valence-electron chi connectivity index (χ4n) is 4.70. The van der Waals surface area contributed by atoms with Gasteiger partial charge in [0.1, 0.15) is 11.5 Å². The molecule has 3 heterocycles. The maximum Gasteiger partial charge on any atom is 0.338 e. The van der Waals surface area contributed by atoms with Crippen LogP contribution < -0.4 is 24.4 Å². The van der Waals surface area contributed by atoms with Crippen molar-refractivity contribution in [2.24, 2.45) is 4.99 Å². The number of ether oxygens (including phenoxy) is 3. The number of carbonyl (C=O) groups excluding carboxylic acids is 1. The van der Waals surface area contributed by atoms with Gasteiger partial charge in [0.05, 0.1) is 41.7 Å². The maximum absolute atomic E-state index is 13.9. The molecule has 0 fully saturated rings. The largest absolute Gasteiger partial charge is 0.490 e. The first-order chi connectivity index (χ1) is 19.8. The molecule has 5 rings (SSSR count). The molecule has 0 saturated carbocycles. The minimum absolute atomic E-state index is 0.188. The highest BCUT2D eigenvalue weighted by Gasteiger charge is 2.34. The SMILES string of the molecule is CCOC(=O)C1=C(C)N=c2sc(=Cc3ccc(-c4cccc(Cl)c4)o3)c(=O)n2C1c1ccc(OCC)c(OCC)c1. The van der Waals surface area contributed by atoms with Crippen molar-refractivity contribution in [2.75, 3.05) is 19.8 Å². The van der Waals surface area contributed by atoms with Crippen LogP contribution in [0.15, 0.2) is 80.1 Å². The van der Waals surface area contributed by atoms with Crippen LogP contribution in [0.5, 0.6) is 11.5 Å². The van der Waals surface area contributed by atoms with Gasteiger partial charge in [-0.15, -0.1) is 0 Å². The number of benzene rings is 2. The van der Waals surface area contributed by atoms with E-state index in [4.69, 9.17) is 30.2 Å². The summed E-state index contributed by atoms with van der Waals surface area (Å²) in [5, 5.41) is 0.600. The third-order valence-corrected chi connectivity index (χ3v) is 7.63. The summed E-state index contributed by atoms with van der Waals surface area (Å²) in [7, 11) is 0. The van der Waals surface area contributed by atoms with E-state index in [1.807, 2.05) is 44.2 Å². The molecule has 0 aliphatic carbocycles. The highest BCUT2D eigenvalue weighted by molar-refractivity contribution is 7.07. The second kappa shape index (κ2) is 12.2. The second-order valence-electron chi connectivity index (χ2n) is 9.09. The maximum atomic E-state index is 13.9. The van der Waals surface area contributed by atoms with Crippen LogP contribution in [0.25, 0.3) is 17.4 Å². The Balaban J connectivity index is 1.65. The predicted molar refractivity (Wildman–Crippen MR) is 158 cm³/mol. The summed E-state index contributed by atoms with van der Waals surface area (Å²) >= 11 is 7.36.